The van der Waals surface area contributed by atoms with Crippen molar-refractivity contribution in [2.75, 3.05) is 13.1 Å². The van der Waals surface area contributed by atoms with Gasteiger partial charge in [-0.2, -0.15) is 0 Å². The number of benzene rings is 1. The maximum absolute atomic E-state index is 13.0. The molecule has 3 heteroatoms. The number of halogens is 2. The Morgan fingerprint density at radius 1 is 1.21 bits per heavy atom. The highest BCUT2D eigenvalue weighted by Gasteiger charge is 2.43. The quantitative estimate of drug-likeness (QED) is 0.766. The molecular weight excluding hydrogens is 184 g/mol. The van der Waals surface area contributed by atoms with Gasteiger partial charge in [0.25, 0.3) is 0 Å². The number of alkyl halides is 2. The Morgan fingerprint density at radius 2 is 1.93 bits per heavy atom. The molecule has 1 fully saturated rings. The van der Waals surface area contributed by atoms with Crippen molar-refractivity contribution in [1.82, 2.24) is 5.32 Å². The fourth-order valence-corrected chi connectivity index (χ4v) is 2.04. The first kappa shape index (κ1) is 9.59. The van der Waals surface area contributed by atoms with Gasteiger partial charge in [-0.1, -0.05) is 30.3 Å². The summed E-state index contributed by atoms with van der Waals surface area (Å²) in [5.74, 6) is 0. The zero-order valence-electron chi connectivity index (χ0n) is 7.84. The lowest BCUT2D eigenvalue weighted by Gasteiger charge is -2.27. The molecule has 2 rings (SSSR count). The van der Waals surface area contributed by atoms with Crippen LogP contribution in [0.3, 0.4) is 0 Å². The molecule has 1 N–H and O–H groups in total. The van der Waals surface area contributed by atoms with E-state index in [2.05, 4.69) is 5.32 Å². The Morgan fingerprint density at radius 3 is 2.43 bits per heavy atom. The average Bonchev–Trinajstić information content (AvgIpc) is 2.69. The Labute approximate surface area is 82.1 Å². The maximum atomic E-state index is 13.0. The molecule has 1 aliphatic rings. The Kier molecular flexibility index (Phi) is 2.50. The van der Waals surface area contributed by atoms with Gasteiger partial charge in [0.2, 0.25) is 6.43 Å². The molecule has 1 unspecified atom stereocenters. The molecule has 1 atom stereocenters. The molecule has 0 saturated carbocycles. The van der Waals surface area contributed by atoms with Crippen LogP contribution >= 0.6 is 0 Å². The number of rotatable bonds is 2. The molecule has 1 nitrogen and oxygen atoms in total. The molecule has 0 spiro atoms. The summed E-state index contributed by atoms with van der Waals surface area (Å²) in [6, 6.07) is 9.07. The third kappa shape index (κ3) is 1.42. The fourth-order valence-electron chi connectivity index (χ4n) is 2.04. The molecule has 14 heavy (non-hydrogen) atoms. The second-order valence-electron chi connectivity index (χ2n) is 3.75. The van der Waals surface area contributed by atoms with Crippen LogP contribution in [-0.2, 0) is 5.41 Å². The van der Waals surface area contributed by atoms with Gasteiger partial charge in [0, 0.05) is 6.54 Å². The predicted octanol–water partition coefficient (Wildman–Crippen LogP) is 2.18. The van der Waals surface area contributed by atoms with Crippen molar-refractivity contribution in [2.24, 2.45) is 0 Å². The van der Waals surface area contributed by atoms with Gasteiger partial charge in [0.1, 0.15) is 0 Å². The zero-order chi connectivity index (χ0) is 10.0. The van der Waals surface area contributed by atoms with Crippen molar-refractivity contribution in [3.8, 4) is 0 Å². The first-order valence-electron chi connectivity index (χ1n) is 4.80. The first-order valence-corrected chi connectivity index (χ1v) is 4.80. The molecule has 76 valence electrons. The average molecular weight is 197 g/mol. The summed E-state index contributed by atoms with van der Waals surface area (Å²) in [5.41, 5.74) is -0.207. The van der Waals surface area contributed by atoms with Gasteiger partial charge in [-0.15, -0.1) is 0 Å². The molecule has 0 amide bonds. The largest absolute Gasteiger partial charge is 0.316 e. The van der Waals surface area contributed by atoms with Crippen molar-refractivity contribution in [2.45, 2.75) is 18.3 Å². The molecule has 1 aromatic rings. The third-order valence-electron chi connectivity index (χ3n) is 2.95. The minimum atomic E-state index is -2.29. The van der Waals surface area contributed by atoms with Crippen molar-refractivity contribution in [3.05, 3.63) is 35.9 Å². The summed E-state index contributed by atoms with van der Waals surface area (Å²) in [6.45, 7) is 1.06. The van der Waals surface area contributed by atoms with Crippen LogP contribution in [0, 0.1) is 0 Å². The number of hydrogen-bond acceptors (Lipinski definition) is 1. The van der Waals surface area contributed by atoms with Crippen LogP contribution in [0.1, 0.15) is 12.0 Å². The molecule has 0 radical (unpaired) electrons. The standard InChI is InChI=1S/C11H13F2N/c12-10(13)11(6-7-14-8-11)9-4-2-1-3-5-9/h1-5,10,14H,6-8H2. The molecule has 0 aromatic heterocycles. The Bertz CT molecular complexity index is 291. The lowest BCUT2D eigenvalue weighted by Crippen LogP contribution is -2.36. The number of hydrogen-bond donors (Lipinski definition) is 1. The van der Waals surface area contributed by atoms with E-state index in [1.165, 1.54) is 0 Å². The second-order valence-corrected chi connectivity index (χ2v) is 3.75. The lowest BCUT2D eigenvalue weighted by atomic mass is 9.80. The van der Waals surface area contributed by atoms with Crippen molar-refractivity contribution in [1.29, 1.82) is 0 Å². The topological polar surface area (TPSA) is 12.0 Å². The van der Waals surface area contributed by atoms with Crippen LogP contribution < -0.4 is 5.32 Å². The van der Waals surface area contributed by atoms with Crippen LogP contribution in [0.2, 0.25) is 0 Å². The Hall–Kier alpha value is -0.960. The van der Waals surface area contributed by atoms with Gasteiger partial charge in [-0.05, 0) is 18.5 Å². The normalized spacial score (nSPS) is 27.1. The van der Waals surface area contributed by atoms with Crippen LogP contribution in [0.5, 0.6) is 0 Å². The van der Waals surface area contributed by atoms with Crippen LogP contribution in [0.4, 0.5) is 8.78 Å². The summed E-state index contributed by atoms with van der Waals surface area (Å²) in [5, 5.41) is 3.01. The van der Waals surface area contributed by atoms with Crippen molar-refractivity contribution >= 4 is 0 Å². The third-order valence-corrected chi connectivity index (χ3v) is 2.95. The highest BCUT2D eigenvalue weighted by atomic mass is 19.3. The van der Waals surface area contributed by atoms with E-state index in [4.69, 9.17) is 0 Å². The van der Waals surface area contributed by atoms with E-state index in [-0.39, 0.29) is 0 Å². The molecule has 1 aromatic carbocycles. The summed E-state index contributed by atoms with van der Waals surface area (Å²) < 4.78 is 26.1. The highest BCUT2D eigenvalue weighted by molar-refractivity contribution is 5.28. The highest BCUT2D eigenvalue weighted by Crippen LogP contribution is 2.36. The summed E-state index contributed by atoms with van der Waals surface area (Å²) in [6.07, 6.45) is -1.77. The van der Waals surface area contributed by atoms with Gasteiger partial charge in [0.05, 0.1) is 5.41 Å². The zero-order valence-corrected chi connectivity index (χ0v) is 7.84. The van der Waals surface area contributed by atoms with Gasteiger partial charge < -0.3 is 5.32 Å². The SMILES string of the molecule is FC(F)C1(c2ccccc2)CCNC1. The predicted molar refractivity (Wildman–Crippen MR) is 51.6 cm³/mol. The molecule has 1 heterocycles. The number of nitrogens with one attached hydrogen (secondary N) is 1. The van der Waals surface area contributed by atoms with Crippen LogP contribution in [0.25, 0.3) is 0 Å². The Balaban J connectivity index is 2.36. The van der Waals surface area contributed by atoms with Crippen molar-refractivity contribution in [3.63, 3.8) is 0 Å². The van der Waals surface area contributed by atoms with Gasteiger partial charge in [0.15, 0.2) is 0 Å². The van der Waals surface area contributed by atoms with Gasteiger partial charge in [-0.3, -0.25) is 0 Å². The van der Waals surface area contributed by atoms with Crippen LogP contribution in [-0.4, -0.2) is 19.5 Å². The molecule has 1 aliphatic heterocycles. The monoisotopic (exact) mass is 197 g/mol. The van der Waals surface area contributed by atoms with Gasteiger partial charge in [-0.25, -0.2) is 8.78 Å². The van der Waals surface area contributed by atoms with E-state index in [0.29, 0.717) is 19.5 Å². The summed E-state index contributed by atoms with van der Waals surface area (Å²) in [7, 11) is 0. The summed E-state index contributed by atoms with van der Waals surface area (Å²) in [4.78, 5) is 0. The smallest absolute Gasteiger partial charge is 0.249 e. The van der Waals surface area contributed by atoms with E-state index in [1.54, 1.807) is 12.1 Å². The minimum absolute atomic E-state index is 0.384. The molecule has 1 saturated heterocycles. The first-order chi connectivity index (χ1) is 6.76. The fraction of sp³-hybridized carbons (Fsp3) is 0.455. The molecule has 0 aliphatic carbocycles. The lowest BCUT2D eigenvalue weighted by molar-refractivity contribution is 0.0597. The van der Waals surface area contributed by atoms with E-state index in [1.807, 2.05) is 18.2 Å². The van der Waals surface area contributed by atoms with E-state index < -0.39 is 11.8 Å². The molecular formula is C11H13F2N. The van der Waals surface area contributed by atoms with E-state index >= 15 is 0 Å². The molecule has 0 bridgehead atoms. The minimum Gasteiger partial charge on any atom is -0.316 e. The summed E-state index contributed by atoms with van der Waals surface area (Å²) >= 11 is 0. The second kappa shape index (κ2) is 3.65. The van der Waals surface area contributed by atoms with E-state index in [0.717, 1.165) is 5.56 Å². The van der Waals surface area contributed by atoms with Gasteiger partial charge >= 0.3 is 0 Å². The maximum Gasteiger partial charge on any atom is 0.249 e. The van der Waals surface area contributed by atoms with E-state index in [9.17, 15) is 8.78 Å². The van der Waals surface area contributed by atoms with Crippen LogP contribution in [0.15, 0.2) is 30.3 Å². The van der Waals surface area contributed by atoms with Crippen molar-refractivity contribution < 1.29 is 8.78 Å².